The third-order valence-corrected chi connectivity index (χ3v) is 2.31. The highest BCUT2D eigenvalue weighted by Gasteiger charge is 2.14. The zero-order chi connectivity index (χ0) is 12.4. The summed E-state index contributed by atoms with van der Waals surface area (Å²) in [6, 6.07) is 0. The minimum atomic E-state index is 0.138. The standard InChI is InChI=1S/C13H29NO2/c1-6-7-8-9-16-12(11-15-5)10-14-13(2,3)4/h12,14H,6-11H2,1-5H3. The first-order valence-corrected chi connectivity index (χ1v) is 6.35. The second-order valence-electron chi connectivity index (χ2n) is 5.29. The second kappa shape index (κ2) is 8.97. The predicted octanol–water partition coefficient (Wildman–Crippen LogP) is 2.60. The SMILES string of the molecule is CCCCCOC(CNC(C)(C)C)COC. The van der Waals surface area contributed by atoms with Crippen LogP contribution in [0.3, 0.4) is 0 Å². The number of unbranched alkanes of at least 4 members (excludes halogenated alkanes) is 2. The number of methoxy groups -OCH3 is 1. The van der Waals surface area contributed by atoms with Gasteiger partial charge in [-0.15, -0.1) is 0 Å². The maximum atomic E-state index is 5.79. The van der Waals surface area contributed by atoms with Crippen LogP contribution in [0, 0.1) is 0 Å². The lowest BCUT2D eigenvalue weighted by Gasteiger charge is -2.25. The Labute approximate surface area is 101 Å². The summed E-state index contributed by atoms with van der Waals surface area (Å²) >= 11 is 0. The molecule has 0 saturated heterocycles. The first-order valence-electron chi connectivity index (χ1n) is 6.35. The molecule has 0 amide bonds. The highest BCUT2D eigenvalue weighted by atomic mass is 16.5. The van der Waals surface area contributed by atoms with Gasteiger partial charge in [0.15, 0.2) is 0 Å². The molecule has 1 unspecified atom stereocenters. The normalized spacial score (nSPS) is 14.1. The number of hydrogen-bond acceptors (Lipinski definition) is 3. The maximum Gasteiger partial charge on any atom is 0.0932 e. The molecule has 0 aliphatic rings. The minimum absolute atomic E-state index is 0.138. The van der Waals surface area contributed by atoms with Gasteiger partial charge in [0.1, 0.15) is 0 Å². The van der Waals surface area contributed by atoms with Gasteiger partial charge in [-0.1, -0.05) is 19.8 Å². The van der Waals surface area contributed by atoms with Crippen LogP contribution in [0.5, 0.6) is 0 Å². The Morgan fingerprint density at radius 2 is 1.88 bits per heavy atom. The number of hydrogen-bond donors (Lipinski definition) is 1. The monoisotopic (exact) mass is 231 g/mol. The number of ether oxygens (including phenoxy) is 2. The number of rotatable bonds is 9. The molecule has 0 aromatic heterocycles. The van der Waals surface area contributed by atoms with Crippen molar-refractivity contribution >= 4 is 0 Å². The van der Waals surface area contributed by atoms with E-state index >= 15 is 0 Å². The lowest BCUT2D eigenvalue weighted by atomic mass is 10.1. The van der Waals surface area contributed by atoms with Crippen molar-refractivity contribution in [2.24, 2.45) is 0 Å². The molecule has 1 atom stereocenters. The van der Waals surface area contributed by atoms with Crippen molar-refractivity contribution in [3.05, 3.63) is 0 Å². The predicted molar refractivity (Wildman–Crippen MR) is 68.9 cm³/mol. The van der Waals surface area contributed by atoms with Gasteiger partial charge in [-0.25, -0.2) is 0 Å². The zero-order valence-electron chi connectivity index (χ0n) is 11.6. The van der Waals surface area contributed by atoms with Crippen LogP contribution in [0.4, 0.5) is 0 Å². The largest absolute Gasteiger partial charge is 0.382 e. The van der Waals surface area contributed by atoms with Crippen molar-refractivity contribution in [2.75, 3.05) is 26.9 Å². The molecule has 3 nitrogen and oxygen atoms in total. The topological polar surface area (TPSA) is 30.5 Å². The van der Waals surface area contributed by atoms with Gasteiger partial charge in [-0.3, -0.25) is 0 Å². The Balaban J connectivity index is 3.70. The summed E-state index contributed by atoms with van der Waals surface area (Å²) in [6.07, 6.45) is 3.79. The molecule has 0 aliphatic carbocycles. The minimum Gasteiger partial charge on any atom is -0.382 e. The van der Waals surface area contributed by atoms with E-state index in [0.717, 1.165) is 19.6 Å². The summed E-state index contributed by atoms with van der Waals surface area (Å²) in [4.78, 5) is 0. The Morgan fingerprint density at radius 1 is 1.19 bits per heavy atom. The zero-order valence-corrected chi connectivity index (χ0v) is 11.6. The molecular formula is C13H29NO2. The van der Waals surface area contributed by atoms with Crippen LogP contribution in [0.15, 0.2) is 0 Å². The van der Waals surface area contributed by atoms with E-state index in [1.807, 2.05) is 0 Å². The molecule has 0 aliphatic heterocycles. The second-order valence-corrected chi connectivity index (χ2v) is 5.29. The Kier molecular flexibility index (Phi) is 8.90. The van der Waals surface area contributed by atoms with Crippen molar-refractivity contribution in [3.8, 4) is 0 Å². The molecule has 0 aromatic carbocycles. The Morgan fingerprint density at radius 3 is 2.38 bits per heavy atom. The highest BCUT2D eigenvalue weighted by molar-refractivity contribution is 4.73. The van der Waals surface area contributed by atoms with E-state index in [-0.39, 0.29) is 11.6 Å². The van der Waals surface area contributed by atoms with E-state index in [2.05, 4.69) is 33.0 Å². The third-order valence-electron chi connectivity index (χ3n) is 2.31. The van der Waals surface area contributed by atoms with E-state index in [4.69, 9.17) is 9.47 Å². The molecule has 0 aromatic rings. The van der Waals surface area contributed by atoms with Gasteiger partial charge >= 0.3 is 0 Å². The van der Waals surface area contributed by atoms with Crippen molar-refractivity contribution in [1.29, 1.82) is 0 Å². The Bertz CT molecular complexity index is 155. The molecule has 0 radical (unpaired) electrons. The summed E-state index contributed by atoms with van der Waals surface area (Å²) in [5.74, 6) is 0. The van der Waals surface area contributed by atoms with Gasteiger partial charge in [-0.2, -0.15) is 0 Å². The molecular weight excluding hydrogens is 202 g/mol. The molecule has 0 saturated carbocycles. The average molecular weight is 231 g/mol. The summed E-state index contributed by atoms with van der Waals surface area (Å²) in [6.45, 7) is 11.0. The van der Waals surface area contributed by atoms with Gasteiger partial charge in [0, 0.05) is 25.8 Å². The molecule has 1 N–H and O–H groups in total. The van der Waals surface area contributed by atoms with E-state index in [1.54, 1.807) is 7.11 Å². The quantitative estimate of drug-likeness (QED) is 0.619. The summed E-state index contributed by atoms with van der Waals surface area (Å²) in [5.41, 5.74) is 0.138. The smallest absolute Gasteiger partial charge is 0.0932 e. The fourth-order valence-corrected chi connectivity index (χ4v) is 1.37. The van der Waals surface area contributed by atoms with Crippen molar-refractivity contribution in [2.45, 2.75) is 58.6 Å². The fourth-order valence-electron chi connectivity index (χ4n) is 1.37. The fraction of sp³-hybridized carbons (Fsp3) is 1.00. The molecule has 98 valence electrons. The van der Waals surface area contributed by atoms with E-state index < -0.39 is 0 Å². The first kappa shape index (κ1) is 15.9. The molecule has 0 spiro atoms. The third kappa shape index (κ3) is 10.4. The van der Waals surface area contributed by atoms with Crippen LogP contribution >= 0.6 is 0 Å². The van der Waals surface area contributed by atoms with E-state index in [9.17, 15) is 0 Å². The Hall–Kier alpha value is -0.120. The summed E-state index contributed by atoms with van der Waals surface area (Å²) in [5, 5.41) is 3.44. The first-order chi connectivity index (χ1) is 7.49. The van der Waals surface area contributed by atoms with Crippen LogP contribution < -0.4 is 5.32 Å². The average Bonchev–Trinajstić information content (AvgIpc) is 2.19. The van der Waals surface area contributed by atoms with Crippen LogP contribution in [-0.2, 0) is 9.47 Å². The molecule has 0 fully saturated rings. The lowest BCUT2D eigenvalue weighted by molar-refractivity contribution is -0.00512. The van der Waals surface area contributed by atoms with Crippen molar-refractivity contribution in [3.63, 3.8) is 0 Å². The molecule has 0 heterocycles. The van der Waals surface area contributed by atoms with Gasteiger partial charge in [0.25, 0.3) is 0 Å². The molecule has 3 heteroatoms. The lowest BCUT2D eigenvalue weighted by Crippen LogP contribution is -2.43. The van der Waals surface area contributed by atoms with Crippen molar-refractivity contribution in [1.82, 2.24) is 5.32 Å². The van der Waals surface area contributed by atoms with Gasteiger partial charge in [0.05, 0.1) is 12.7 Å². The van der Waals surface area contributed by atoms with Gasteiger partial charge in [0.2, 0.25) is 0 Å². The van der Waals surface area contributed by atoms with Crippen LogP contribution in [0.25, 0.3) is 0 Å². The van der Waals surface area contributed by atoms with Crippen LogP contribution in [0.2, 0.25) is 0 Å². The molecule has 0 bridgehead atoms. The summed E-state index contributed by atoms with van der Waals surface area (Å²) in [7, 11) is 1.72. The number of nitrogens with one attached hydrogen (secondary N) is 1. The molecule has 0 rings (SSSR count). The maximum absolute atomic E-state index is 5.79. The summed E-state index contributed by atoms with van der Waals surface area (Å²) < 4.78 is 11.0. The molecule has 16 heavy (non-hydrogen) atoms. The van der Waals surface area contributed by atoms with Gasteiger partial charge in [-0.05, 0) is 27.2 Å². The van der Waals surface area contributed by atoms with E-state index in [1.165, 1.54) is 12.8 Å². The van der Waals surface area contributed by atoms with Crippen LogP contribution in [0.1, 0.15) is 47.0 Å². The van der Waals surface area contributed by atoms with Gasteiger partial charge < -0.3 is 14.8 Å². The van der Waals surface area contributed by atoms with E-state index in [0.29, 0.717) is 6.61 Å². The van der Waals surface area contributed by atoms with Crippen LogP contribution in [-0.4, -0.2) is 38.5 Å². The van der Waals surface area contributed by atoms with Crippen molar-refractivity contribution < 1.29 is 9.47 Å². The highest BCUT2D eigenvalue weighted by Crippen LogP contribution is 2.02.